The predicted molar refractivity (Wildman–Crippen MR) is 47.9 cm³/mol. The largest absolute Gasteiger partial charge is 0.0788 e. The van der Waals surface area contributed by atoms with Crippen molar-refractivity contribution >= 4 is 22.6 Å². The maximum Gasteiger partial charge on any atom is 0.0238 e. The van der Waals surface area contributed by atoms with E-state index in [1.165, 1.54) is 19.3 Å². The zero-order valence-corrected chi connectivity index (χ0v) is 8.23. The topological polar surface area (TPSA) is 0 Å². The van der Waals surface area contributed by atoms with Crippen molar-refractivity contribution in [3.8, 4) is 0 Å². The van der Waals surface area contributed by atoms with Crippen molar-refractivity contribution in [3.63, 3.8) is 0 Å². The van der Waals surface area contributed by atoms with E-state index in [1.807, 2.05) is 0 Å². The Bertz CT molecular complexity index is 129. The SMILES string of the molecule is CC(C)C12CC(I)(C1)C2. The highest BCUT2D eigenvalue weighted by Gasteiger charge is 2.67. The molecule has 9 heavy (non-hydrogen) atoms. The lowest BCUT2D eigenvalue weighted by Crippen LogP contribution is -2.65. The number of hydrogen-bond donors (Lipinski definition) is 0. The van der Waals surface area contributed by atoms with Gasteiger partial charge in [0.2, 0.25) is 0 Å². The van der Waals surface area contributed by atoms with Crippen LogP contribution in [-0.4, -0.2) is 3.42 Å². The van der Waals surface area contributed by atoms with Gasteiger partial charge in [-0.1, -0.05) is 36.4 Å². The summed E-state index contributed by atoms with van der Waals surface area (Å²) in [5.74, 6) is 0.939. The summed E-state index contributed by atoms with van der Waals surface area (Å²) < 4.78 is 0.780. The van der Waals surface area contributed by atoms with E-state index in [-0.39, 0.29) is 0 Å². The normalized spacial score (nSPS) is 54.7. The van der Waals surface area contributed by atoms with Crippen LogP contribution in [-0.2, 0) is 0 Å². The second kappa shape index (κ2) is 1.49. The van der Waals surface area contributed by atoms with E-state index in [0.29, 0.717) is 0 Å². The standard InChI is InChI=1S/C8H13I/c1-6(2)7-3-8(9,4-7)5-7/h6H,3-5H2,1-2H3. The van der Waals surface area contributed by atoms with Crippen molar-refractivity contribution in [1.29, 1.82) is 0 Å². The third kappa shape index (κ3) is 0.647. The van der Waals surface area contributed by atoms with Crippen molar-refractivity contribution < 1.29 is 0 Å². The number of alkyl halides is 1. The van der Waals surface area contributed by atoms with Gasteiger partial charge in [0.25, 0.3) is 0 Å². The first-order valence-corrected chi connectivity index (χ1v) is 4.83. The van der Waals surface area contributed by atoms with Gasteiger partial charge in [0.05, 0.1) is 0 Å². The first kappa shape index (κ1) is 6.44. The fraction of sp³-hybridized carbons (Fsp3) is 1.00. The predicted octanol–water partition coefficient (Wildman–Crippen LogP) is 3.00. The number of rotatable bonds is 1. The van der Waals surface area contributed by atoms with Crippen LogP contribution in [0.1, 0.15) is 33.1 Å². The molecule has 0 spiro atoms. The van der Waals surface area contributed by atoms with Crippen LogP contribution < -0.4 is 0 Å². The van der Waals surface area contributed by atoms with Crippen molar-refractivity contribution in [2.45, 2.75) is 36.5 Å². The third-order valence-electron chi connectivity index (χ3n) is 3.23. The summed E-state index contributed by atoms with van der Waals surface area (Å²) in [4.78, 5) is 0. The lowest BCUT2D eigenvalue weighted by Gasteiger charge is -2.70. The number of hydrogen-bond acceptors (Lipinski definition) is 0. The molecule has 3 fully saturated rings. The Morgan fingerprint density at radius 2 is 1.67 bits per heavy atom. The van der Waals surface area contributed by atoms with Crippen molar-refractivity contribution in [2.24, 2.45) is 11.3 Å². The molecule has 0 aromatic heterocycles. The molecule has 0 amide bonds. The molecule has 52 valence electrons. The minimum Gasteiger partial charge on any atom is -0.0788 e. The first-order valence-electron chi connectivity index (χ1n) is 3.75. The van der Waals surface area contributed by atoms with Crippen LogP contribution in [0.15, 0.2) is 0 Å². The van der Waals surface area contributed by atoms with Crippen LogP contribution in [0, 0.1) is 11.3 Å². The van der Waals surface area contributed by atoms with E-state index >= 15 is 0 Å². The first-order chi connectivity index (χ1) is 4.06. The van der Waals surface area contributed by atoms with Crippen LogP contribution in [0.4, 0.5) is 0 Å². The molecule has 0 heterocycles. The van der Waals surface area contributed by atoms with Gasteiger partial charge >= 0.3 is 0 Å². The molecule has 0 atom stereocenters. The summed E-state index contributed by atoms with van der Waals surface area (Å²) in [5, 5.41) is 0. The second-order valence-corrected chi connectivity index (χ2v) is 6.49. The smallest absolute Gasteiger partial charge is 0.0238 e. The van der Waals surface area contributed by atoms with Gasteiger partial charge in [0.15, 0.2) is 0 Å². The van der Waals surface area contributed by atoms with E-state index in [2.05, 4.69) is 36.4 Å². The van der Waals surface area contributed by atoms with Gasteiger partial charge in [-0.05, 0) is 30.6 Å². The molecule has 0 aromatic rings. The molecule has 3 saturated carbocycles. The van der Waals surface area contributed by atoms with Crippen molar-refractivity contribution in [2.75, 3.05) is 0 Å². The second-order valence-electron chi connectivity index (χ2n) is 4.20. The molecule has 2 bridgehead atoms. The van der Waals surface area contributed by atoms with E-state index < -0.39 is 0 Å². The lowest BCUT2D eigenvalue weighted by molar-refractivity contribution is -0.102. The highest BCUT2D eigenvalue weighted by atomic mass is 127. The molecule has 0 aliphatic heterocycles. The third-order valence-corrected chi connectivity index (χ3v) is 4.38. The van der Waals surface area contributed by atoms with E-state index in [4.69, 9.17) is 0 Å². The Kier molecular flexibility index (Phi) is 1.06. The minimum absolute atomic E-state index is 0.780. The maximum absolute atomic E-state index is 2.64. The van der Waals surface area contributed by atoms with Gasteiger partial charge in [0.1, 0.15) is 0 Å². The minimum atomic E-state index is 0.780. The summed E-state index contributed by atoms with van der Waals surface area (Å²) in [6.45, 7) is 4.74. The zero-order valence-electron chi connectivity index (χ0n) is 6.08. The summed E-state index contributed by atoms with van der Waals surface area (Å²) in [6.07, 6.45) is 4.54. The highest BCUT2D eigenvalue weighted by molar-refractivity contribution is 14.1. The molecule has 0 saturated heterocycles. The molecule has 0 N–H and O–H groups in total. The molecule has 3 aliphatic rings. The van der Waals surface area contributed by atoms with Crippen LogP contribution in [0.5, 0.6) is 0 Å². The molecule has 3 rings (SSSR count). The Balaban J connectivity index is 2.04. The monoisotopic (exact) mass is 236 g/mol. The molecular weight excluding hydrogens is 223 g/mol. The van der Waals surface area contributed by atoms with Gasteiger partial charge < -0.3 is 0 Å². The van der Waals surface area contributed by atoms with Crippen molar-refractivity contribution in [1.82, 2.24) is 0 Å². The highest BCUT2D eigenvalue weighted by Crippen LogP contribution is 2.74. The van der Waals surface area contributed by atoms with E-state index in [9.17, 15) is 0 Å². The summed E-state index contributed by atoms with van der Waals surface area (Å²) in [6, 6.07) is 0. The summed E-state index contributed by atoms with van der Waals surface area (Å²) in [7, 11) is 0. The fourth-order valence-electron chi connectivity index (χ4n) is 2.35. The van der Waals surface area contributed by atoms with Crippen LogP contribution in [0.2, 0.25) is 0 Å². The maximum atomic E-state index is 2.64. The van der Waals surface area contributed by atoms with Gasteiger partial charge in [-0.25, -0.2) is 0 Å². The molecule has 3 aliphatic carbocycles. The quantitative estimate of drug-likeness (QED) is 0.485. The average molecular weight is 236 g/mol. The molecular formula is C8H13I. The Morgan fingerprint density at radius 3 is 1.78 bits per heavy atom. The zero-order chi connectivity index (χ0) is 6.70. The van der Waals surface area contributed by atoms with E-state index in [1.54, 1.807) is 0 Å². The Morgan fingerprint density at radius 1 is 1.22 bits per heavy atom. The fourth-order valence-corrected chi connectivity index (χ4v) is 4.63. The number of halogens is 1. The Hall–Kier alpha value is 0.730. The molecule has 1 heteroatoms. The molecule has 0 nitrogen and oxygen atoms in total. The van der Waals surface area contributed by atoms with E-state index in [0.717, 1.165) is 14.8 Å². The summed E-state index contributed by atoms with van der Waals surface area (Å²) in [5.41, 5.74) is 0.821. The molecule has 0 radical (unpaired) electrons. The molecule has 0 unspecified atom stereocenters. The van der Waals surface area contributed by atoms with Gasteiger partial charge in [0, 0.05) is 3.42 Å². The van der Waals surface area contributed by atoms with Crippen LogP contribution in [0.25, 0.3) is 0 Å². The van der Waals surface area contributed by atoms with Gasteiger partial charge in [-0.3, -0.25) is 0 Å². The van der Waals surface area contributed by atoms with Crippen molar-refractivity contribution in [3.05, 3.63) is 0 Å². The average Bonchev–Trinajstić information content (AvgIpc) is 1.54. The lowest BCUT2D eigenvalue weighted by atomic mass is 9.41. The Labute approximate surface area is 70.5 Å². The van der Waals surface area contributed by atoms with Crippen LogP contribution >= 0.6 is 22.6 Å². The summed E-state index contributed by atoms with van der Waals surface area (Å²) >= 11 is 2.64. The van der Waals surface area contributed by atoms with Gasteiger partial charge in [-0.2, -0.15) is 0 Å². The van der Waals surface area contributed by atoms with Crippen LogP contribution in [0.3, 0.4) is 0 Å². The van der Waals surface area contributed by atoms with Gasteiger partial charge in [-0.15, -0.1) is 0 Å². The molecule has 0 aromatic carbocycles.